The smallest absolute Gasteiger partial charge is 0.355 e. The average Bonchev–Trinajstić information content (AvgIpc) is 3.64. The van der Waals surface area contributed by atoms with E-state index in [2.05, 4.69) is 22.1 Å². The predicted molar refractivity (Wildman–Crippen MR) is 192 cm³/mol. The number of hydrogen-bond acceptors (Lipinski definition) is 7. The van der Waals surface area contributed by atoms with Crippen LogP contribution < -0.4 is 10.1 Å². The van der Waals surface area contributed by atoms with Crippen LogP contribution in [0.3, 0.4) is 0 Å². The molecule has 11 heteroatoms. The Morgan fingerprint density at radius 2 is 1.92 bits per heavy atom. The topological polar surface area (TPSA) is 93.6 Å². The van der Waals surface area contributed by atoms with Crippen molar-refractivity contribution in [3.8, 4) is 16.9 Å². The van der Waals surface area contributed by atoms with Crippen LogP contribution in [0.15, 0.2) is 48.5 Å². The highest BCUT2D eigenvalue weighted by Gasteiger charge is 2.29. The summed E-state index contributed by atoms with van der Waals surface area (Å²) in [7, 11) is 3.95. The molecule has 1 fully saturated rings. The second-order valence-corrected chi connectivity index (χ2v) is 12.8. The maximum atomic E-state index is 13.8. The molecule has 0 spiro atoms. The number of morpholine rings is 1. The van der Waals surface area contributed by atoms with E-state index in [0.717, 1.165) is 95.4 Å². The Balaban J connectivity index is 1.35. The number of nitrogens with one attached hydrogen (secondary N) is 2. The van der Waals surface area contributed by atoms with E-state index in [-0.39, 0.29) is 18.5 Å². The summed E-state index contributed by atoms with van der Waals surface area (Å²) >= 11 is 7.09. The van der Waals surface area contributed by atoms with Crippen molar-refractivity contribution in [2.75, 3.05) is 53.1 Å². The van der Waals surface area contributed by atoms with Crippen LogP contribution in [0, 0.1) is 5.82 Å². The number of aromatic amines is 1. The molecule has 9 nitrogen and oxygen atoms in total. The summed E-state index contributed by atoms with van der Waals surface area (Å²) in [5.41, 5.74) is 5.88. The molecule has 0 radical (unpaired) electrons. The lowest BCUT2D eigenvalue weighted by Crippen LogP contribution is -2.38. The molecule has 5 aromatic rings. The van der Waals surface area contributed by atoms with Gasteiger partial charge < -0.3 is 24.5 Å². The molecule has 2 aromatic heterocycles. The zero-order valence-electron chi connectivity index (χ0n) is 28.7. The lowest BCUT2D eigenvalue weighted by molar-refractivity contribution is 0.0362. The second-order valence-electron chi connectivity index (χ2n) is 12.4. The molecule has 0 bridgehead atoms. The third kappa shape index (κ3) is 7.33. The number of benzene rings is 3. The van der Waals surface area contributed by atoms with Gasteiger partial charge in [0.2, 0.25) is 0 Å². The van der Waals surface area contributed by atoms with Crippen molar-refractivity contribution >= 4 is 39.2 Å². The Labute approximate surface area is 291 Å². The number of carbonyl (C=O) groups excluding carboxylic acids is 1. The van der Waals surface area contributed by atoms with Crippen LogP contribution in [-0.4, -0.2) is 78.7 Å². The largest absolute Gasteiger partial charge is 0.493 e. The van der Waals surface area contributed by atoms with Gasteiger partial charge in [0.05, 0.1) is 48.7 Å². The van der Waals surface area contributed by atoms with Crippen LogP contribution in [0.2, 0.25) is 5.02 Å². The Morgan fingerprint density at radius 3 is 2.67 bits per heavy atom. The number of aryl methyl sites for hydroxylation is 2. The molecule has 0 saturated carbocycles. The van der Waals surface area contributed by atoms with Crippen molar-refractivity contribution < 1.29 is 23.4 Å². The van der Waals surface area contributed by atoms with E-state index in [1.807, 2.05) is 49.1 Å². The van der Waals surface area contributed by atoms with Crippen molar-refractivity contribution in [3.05, 3.63) is 82.0 Å². The lowest BCUT2D eigenvalue weighted by Gasteiger charge is -2.28. The first kappa shape index (κ1) is 34.9. The molecule has 3 aromatic carbocycles. The molecule has 0 unspecified atom stereocenters. The minimum absolute atomic E-state index is 0.0164. The Morgan fingerprint density at radius 1 is 1.12 bits per heavy atom. The van der Waals surface area contributed by atoms with Crippen LogP contribution in [0.1, 0.15) is 60.2 Å². The first-order chi connectivity index (χ1) is 23.8. The van der Waals surface area contributed by atoms with Crippen LogP contribution in [0.5, 0.6) is 5.75 Å². The van der Waals surface area contributed by atoms with Crippen LogP contribution in [-0.2, 0) is 29.4 Å². The number of ether oxygens (including phenoxy) is 3. The van der Waals surface area contributed by atoms with Gasteiger partial charge in [0, 0.05) is 54.3 Å². The highest BCUT2D eigenvalue weighted by atomic mass is 35.5. The van der Waals surface area contributed by atoms with Crippen molar-refractivity contribution in [1.82, 2.24) is 25.0 Å². The molecule has 1 aliphatic heterocycles. The van der Waals surface area contributed by atoms with E-state index in [9.17, 15) is 9.18 Å². The summed E-state index contributed by atoms with van der Waals surface area (Å²) < 4.78 is 33.0. The quantitative estimate of drug-likeness (QED) is 0.0938. The Hall–Kier alpha value is -3.96. The molecular formula is C38H45ClFN5O4. The minimum Gasteiger partial charge on any atom is -0.493 e. The fraction of sp³-hybridized carbons (Fsp3) is 0.421. The summed E-state index contributed by atoms with van der Waals surface area (Å²) in [6.45, 7) is 8.86. The highest BCUT2D eigenvalue weighted by Crippen LogP contribution is 2.43. The molecule has 0 amide bonds. The number of hydrogen-bond donors (Lipinski definition) is 2. The maximum Gasteiger partial charge on any atom is 0.355 e. The van der Waals surface area contributed by atoms with Gasteiger partial charge in [-0.25, -0.2) is 9.18 Å². The molecule has 2 N–H and O–H groups in total. The molecule has 1 aliphatic rings. The van der Waals surface area contributed by atoms with Gasteiger partial charge in [0.15, 0.2) is 0 Å². The summed E-state index contributed by atoms with van der Waals surface area (Å²) in [5, 5.41) is 11.7. The number of nitrogens with zero attached hydrogens (tertiary/aromatic N) is 3. The first-order valence-corrected chi connectivity index (χ1v) is 17.6. The number of aromatic nitrogens is 3. The molecule has 1 atom stereocenters. The van der Waals surface area contributed by atoms with Crippen molar-refractivity contribution in [2.45, 2.75) is 45.6 Å². The third-order valence-corrected chi connectivity index (χ3v) is 9.75. The SMILES string of the molecule is CCOC(=O)c1[nH]c2c(-c3c([C@@H](CCN4CCOCC4)NC)nn(C)c3CC)c(Cl)ccc2c1CCCOc1cccc2cc(F)ccc12. The molecule has 49 heavy (non-hydrogen) atoms. The molecule has 3 heterocycles. The van der Waals surface area contributed by atoms with E-state index in [1.165, 1.54) is 12.1 Å². The van der Waals surface area contributed by atoms with Gasteiger partial charge in [-0.1, -0.05) is 36.7 Å². The van der Waals surface area contributed by atoms with Gasteiger partial charge in [-0.05, 0) is 80.9 Å². The number of H-pyrrole nitrogens is 1. The van der Waals surface area contributed by atoms with E-state index < -0.39 is 5.97 Å². The van der Waals surface area contributed by atoms with Gasteiger partial charge >= 0.3 is 5.97 Å². The number of fused-ring (bicyclic) bond motifs is 2. The maximum absolute atomic E-state index is 13.8. The van der Waals surface area contributed by atoms with E-state index >= 15 is 0 Å². The summed E-state index contributed by atoms with van der Waals surface area (Å²) in [4.78, 5) is 19.3. The molecular weight excluding hydrogens is 645 g/mol. The zero-order valence-corrected chi connectivity index (χ0v) is 29.5. The van der Waals surface area contributed by atoms with Crippen molar-refractivity contribution in [3.63, 3.8) is 0 Å². The van der Waals surface area contributed by atoms with Crippen LogP contribution >= 0.6 is 11.6 Å². The average molecular weight is 690 g/mol. The van der Waals surface area contributed by atoms with Crippen LogP contribution in [0.25, 0.3) is 32.8 Å². The molecule has 1 saturated heterocycles. The highest BCUT2D eigenvalue weighted by molar-refractivity contribution is 6.35. The fourth-order valence-corrected chi connectivity index (χ4v) is 7.27. The van der Waals surface area contributed by atoms with E-state index in [1.54, 1.807) is 13.0 Å². The second kappa shape index (κ2) is 15.7. The first-order valence-electron chi connectivity index (χ1n) is 17.2. The standard InChI is InChI=1S/C38H45ClFN5O4/c1-5-31-34(37(43-44(31)4)30(41-3)16-17-45-18-21-47-22-19-45)33-29(39)15-14-28-27(36(42-35(28)33)38(46)48-6-2)10-8-20-49-32-11-7-9-24-23-25(40)12-13-26(24)32/h7,9,11-15,23,30,41-42H,5-6,8,10,16-22H2,1-4H3/t30-/m1/s1. The number of esters is 1. The predicted octanol–water partition coefficient (Wildman–Crippen LogP) is 7.25. The number of carbonyl (C=O) groups is 1. The van der Waals surface area contributed by atoms with E-state index in [4.69, 9.17) is 30.9 Å². The lowest BCUT2D eigenvalue weighted by atomic mass is 9.94. The zero-order chi connectivity index (χ0) is 34.5. The van der Waals surface area contributed by atoms with Gasteiger partial charge in [-0.15, -0.1) is 0 Å². The normalized spacial score (nSPS) is 14.5. The molecule has 6 rings (SSSR count). The van der Waals surface area contributed by atoms with Gasteiger partial charge in [-0.3, -0.25) is 9.58 Å². The summed E-state index contributed by atoms with van der Waals surface area (Å²) in [6, 6.07) is 14.2. The van der Waals surface area contributed by atoms with Gasteiger partial charge in [-0.2, -0.15) is 5.10 Å². The van der Waals surface area contributed by atoms with Crippen molar-refractivity contribution in [2.24, 2.45) is 7.05 Å². The Kier molecular flexibility index (Phi) is 11.2. The molecule has 260 valence electrons. The number of halogens is 2. The monoisotopic (exact) mass is 689 g/mol. The molecule has 0 aliphatic carbocycles. The van der Waals surface area contributed by atoms with E-state index in [0.29, 0.717) is 35.9 Å². The fourth-order valence-electron chi connectivity index (χ4n) is 7.01. The van der Waals surface area contributed by atoms with Crippen LogP contribution in [0.4, 0.5) is 4.39 Å². The van der Waals surface area contributed by atoms with Gasteiger partial charge in [0.25, 0.3) is 0 Å². The summed E-state index contributed by atoms with van der Waals surface area (Å²) in [6.07, 6.45) is 2.82. The minimum atomic E-state index is -0.409. The van der Waals surface area contributed by atoms with Crippen molar-refractivity contribution in [1.29, 1.82) is 0 Å². The summed E-state index contributed by atoms with van der Waals surface area (Å²) in [5.74, 6) is 0.00223. The number of rotatable bonds is 14. The third-order valence-electron chi connectivity index (χ3n) is 9.44. The van der Waals surface area contributed by atoms with Gasteiger partial charge in [0.1, 0.15) is 17.3 Å². The Bertz CT molecular complexity index is 1930.